The van der Waals surface area contributed by atoms with Gasteiger partial charge >= 0.3 is 0 Å². The van der Waals surface area contributed by atoms with E-state index in [0.29, 0.717) is 43.6 Å². The summed E-state index contributed by atoms with van der Waals surface area (Å²) in [5.74, 6) is -1.36. The summed E-state index contributed by atoms with van der Waals surface area (Å²) in [6.45, 7) is 1.97. The number of carbonyl (C=O) groups is 1. The third kappa shape index (κ3) is 4.85. The summed E-state index contributed by atoms with van der Waals surface area (Å²) in [7, 11) is 0. The molecule has 2 N–H and O–H groups in total. The molecule has 30 heavy (non-hydrogen) atoms. The smallest absolute Gasteiger partial charge is 0.258 e. The van der Waals surface area contributed by atoms with Crippen molar-refractivity contribution in [1.29, 1.82) is 0 Å². The molecule has 2 aliphatic rings. The number of hydrogen-bond donors (Lipinski definition) is 2. The van der Waals surface area contributed by atoms with Crippen molar-refractivity contribution in [1.82, 2.24) is 5.32 Å². The van der Waals surface area contributed by atoms with Crippen LogP contribution < -0.4 is 20.1 Å². The van der Waals surface area contributed by atoms with Crippen LogP contribution in [0.4, 0.5) is 14.5 Å². The number of halogens is 2. The molecule has 7 nitrogen and oxygen atoms in total. The first-order valence-electron chi connectivity index (χ1n) is 9.67. The summed E-state index contributed by atoms with van der Waals surface area (Å²) in [4.78, 5) is 17.0. The molecule has 1 saturated heterocycles. The fourth-order valence-corrected chi connectivity index (χ4v) is 3.17. The summed E-state index contributed by atoms with van der Waals surface area (Å²) in [6, 6.07) is 8.20. The lowest BCUT2D eigenvalue weighted by Gasteiger charge is -2.19. The summed E-state index contributed by atoms with van der Waals surface area (Å²) in [5, 5.41) is 5.65. The Labute approximate surface area is 172 Å². The number of benzene rings is 2. The van der Waals surface area contributed by atoms with Gasteiger partial charge in [0.05, 0.1) is 12.6 Å². The van der Waals surface area contributed by atoms with Crippen molar-refractivity contribution in [3.8, 4) is 11.5 Å². The van der Waals surface area contributed by atoms with Crippen LogP contribution in [0.25, 0.3) is 0 Å². The van der Waals surface area contributed by atoms with Crippen LogP contribution >= 0.6 is 0 Å². The highest BCUT2D eigenvalue weighted by atomic mass is 19.2. The first kappa shape index (κ1) is 20.1. The maximum atomic E-state index is 13.5. The van der Waals surface area contributed by atoms with Gasteiger partial charge in [0.25, 0.3) is 5.91 Å². The van der Waals surface area contributed by atoms with Crippen LogP contribution in [0.1, 0.15) is 23.2 Å². The molecule has 0 bridgehead atoms. The number of carbonyl (C=O) groups excluding carboxylic acids is 1. The Bertz CT molecular complexity index is 961. The number of ether oxygens (including phenoxy) is 3. The highest BCUT2D eigenvalue weighted by Crippen LogP contribution is 2.32. The van der Waals surface area contributed by atoms with Crippen LogP contribution in [0.2, 0.25) is 0 Å². The van der Waals surface area contributed by atoms with Gasteiger partial charge in [0.2, 0.25) is 5.96 Å². The molecule has 2 aliphatic heterocycles. The number of nitrogens with one attached hydrogen (secondary N) is 2. The summed E-state index contributed by atoms with van der Waals surface area (Å²) in [5.41, 5.74) is 0.596. The lowest BCUT2D eigenvalue weighted by molar-refractivity contribution is 0.0975. The molecule has 0 saturated carbocycles. The lowest BCUT2D eigenvalue weighted by atomic mass is 10.2. The number of nitrogens with zero attached hydrogens (tertiary/aromatic N) is 1. The number of guanidine groups is 1. The van der Waals surface area contributed by atoms with Crippen LogP contribution in [0.5, 0.6) is 11.5 Å². The van der Waals surface area contributed by atoms with Gasteiger partial charge in [-0.3, -0.25) is 10.1 Å². The van der Waals surface area contributed by atoms with E-state index in [2.05, 4.69) is 15.6 Å². The Morgan fingerprint density at radius 2 is 1.87 bits per heavy atom. The minimum atomic E-state index is -1.10. The molecule has 0 spiro atoms. The molecule has 1 amide bonds. The largest absolute Gasteiger partial charge is 0.486 e. The average Bonchev–Trinajstić information content (AvgIpc) is 3.27. The Balaban J connectivity index is 1.52. The van der Waals surface area contributed by atoms with Crippen LogP contribution in [0.15, 0.2) is 41.4 Å². The van der Waals surface area contributed by atoms with Crippen molar-refractivity contribution >= 4 is 17.6 Å². The SMILES string of the molecule is O=C(NC(=NCC1CCCO1)Nc1ccc2c(c1)OCCO2)c1ccc(F)c(F)c1. The van der Waals surface area contributed by atoms with Gasteiger partial charge < -0.3 is 19.5 Å². The number of anilines is 1. The standard InChI is InChI=1S/C21H21F2N3O4/c22-16-5-3-13(10-17(16)23)20(27)26-21(24-12-15-2-1-7-28-15)25-14-4-6-18-19(11-14)30-9-8-29-18/h3-6,10-11,15H,1-2,7-9,12H2,(H2,24,25,26,27). The van der Waals surface area contributed by atoms with Crippen LogP contribution in [0.3, 0.4) is 0 Å². The van der Waals surface area contributed by atoms with Crippen LogP contribution in [-0.2, 0) is 4.74 Å². The summed E-state index contributed by atoms with van der Waals surface area (Å²) < 4.78 is 43.3. The van der Waals surface area contributed by atoms with Crippen molar-refractivity contribution < 1.29 is 27.8 Å². The molecule has 2 heterocycles. The third-order valence-corrected chi connectivity index (χ3v) is 4.70. The van der Waals surface area contributed by atoms with E-state index >= 15 is 0 Å². The first-order chi connectivity index (χ1) is 14.6. The van der Waals surface area contributed by atoms with E-state index in [1.807, 2.05) is 0 Å². The van der Waals surface area contributed by atoms with E-state index in [-0.39, 0.29) is 17.6 Å². The fraction of sp³-hybridized carbons (Fsp3) is 0.333. The highest BCUT2D eigenvalue weighted by molar-refractivity contribution is 6.10. The Morgan fingerprint density at radius 1 is 1.03 bits per heavy atom. The predicted molar refractivity (Wildman–Crippen MR) is 106 cm³/mol. The molecule has 1 atom stereocenters. The monoisotopic (exact) mass is 417 g/mol. The molecule has 0 aromatic heterocycles. The van der Waals surface area contributed by atoms with Crippen LogP contribution in [-0.4, -0.2) is 44.3 Å². The topological polar surface area (TPSA) is 81.2 Å². The van der Waals surface area contributed by atoms with Gasteiger partial charge in [0.15, 0.2) is 23.1 Å². The Kier molecular flexibility index (Phi) is 6.08. The van der Waals surface area contributed by atoms with Crippen LogP contribution in [0, 0.1) is 11.6 Å². The molecule has 2 aromatic carbocycles. The molecule has 1 unspecified atom stereocenters. The lowest BCUT2D eigenvalue weighted by Crippen LogP contribution is -2.37. The Hall–Kier alpha value is -3.20. The minimum Gasteiger partial charge on any atom is -0.486 e. The zero-order valence-corrected chi connectivity index (χ0v) is 16.1. The van der Waals surface area contributed by atoms with Crippen molar-refractivity contribution in [2.45, 2.75) is 18.9 Å². The van der Waals surface area contributed by atoms with Gasteiger partial charge in [-0.15, -0.1) is 0 Å². The molecular formula is C21H21F2N3O4. The number of amides is 1. The second-order valence-corrected chi connectivity index (χ2v) is 6.89. The average molecular weight is 417 g/mol. The molecule has 158 valence electrons. The first-order valence-corrected chi connectivity index (χ1v) is 9.67. The Morgan fingerprint density at radius 3 is 2.63 bits per heavy atom. The molecule has 4 rings (SSSR count). The molecular weight excluding hydrogens is 396 g/mol. The number of fused-ring (bicyclic) bond motifs is 1. The van der Waals surface area contributed by atoms with E-state index in [4.69, 9.17) is 14.2 Å². The molecule has 9 heteroatoms. The van der Waals surface area contributed by atoms with E-state index in [1.165, 1.54) is 6.07 Å². The van der Waals surface area contributed by atoms with E-state index in [0.717, 1.165) is 25.0 Å². The van der Waals surface area contributed by atoms with Crippen molar-refractivity contribution in [3.63, 3.8) is 0 Å². The van der Waals surface area contributed by atoms with E-state index < -0.39 is 17.5 Å². The van der Waals surface area contributed by atoms with Crippen molar-refractivity contribution in [2.75, 3.05) is 31.7 Å². The van der Waals surface area contributed by atoms with Gasteiger partial charge in [-0.25, -0.2) is 13.8 Å². The summed E-state index contributed by atoms with van der Waals surface area (Å²) >= 11 is 0. The number of aliphatic imine (C=N–C) groups is 1. The maximum absolute atomic E-state index is 13.5. The van der Waals surface area contributed by atoms with E-state index in [9.17, 15) is 13.6 Å². The molecule has 1 fully saturated rings. The van der Waals surface area contributed by atoms with Gasteiger partial charge in [-0.1, -0.05) is 0 Å². The molecule has 0 aliphatic carbocycles. The van der Waals surface area contributed by atoms with Gasteiger partial charge in [-0.2, -0.15) is 0 Å². The van der Waals surface area contributed by atoms with Gasteiger partial charge in [-0.05, 0) is 43.2 Å². The van der Waals surface area contributed by atoms with Gasteiger partial charge in [0.1, 0.15) is 13.2 Å². The second kappa shape index (κ2) is 9.08. The zero-order chi connectivity index (χ0) is 20.9. The predicted octanol–water partition coefficient (Wildman–Crippen LogP) is 3.11. The third-order valence-electron chi connectivity index (χ3n) is 4.70. The minimum absolute atomic E-state index is 0.0253. The number of rotatable bonds is 4. The maximum Gasteiger partial charge on any atom is 0.258 e. The van der Waals surface area contributed by atoms with Crippen molar-refractivity contribution in [3.05, 3.63) is 53.6 Å². The zero-order valence-electron chi connectivity index (χ0n) is 16.1. The molecule has 0 radical (unpaired) electrons. The van der Waals surface area contributed by atoms with Gasteiger partial charge in [0, 0.05) is 23.9 Å². The van der Waals surface area contributed by atoms with E-state index in [1.54, 1.807) is 18.2 Å². The highest BCUT2D eigenvalue weighted by Gasteiger charge is 2.18. The quantitative estimate of drug-likeness (QED) is 0.590. The molecule has 2 aromatic rings. The fourth-order valence-electron chi connectivity index (χ4n) is 3.17. The summed E-state index contributed by atoms with van der Waals surface area (Å²) in [6.07, 6.45) is 1.83. The second-order valence-electron chi connectivity index (χ2n) is 6.89. The normalized spacial score (nSPS) is 18.2. The number of hydrogen-bond acceptors (Lipinski definition) is 5. The van der Waals surface area contributed by atoms with Crippen molar-refractivity contribution in [2.24, 2.45) is 4.99 Å².